The summed E-state index contributed by atoms with van der Waals surface area (Å²) in [7, 11) is -4.24. The predicted octanol–water partition coefficient (Wildman–Crippen LogP) is 3.61. The highest BCUT2D eigenvalue weighted by Gasteiger charge is 2.50. The first-order chi connectivity index (χ1) is 14.8. The number of hydrogen-bond donors (Lipinski definition) is 1. The molecule has 166 valence electrons. The molecule has 1 fully saturated rings. The molecule has 0 saturated carbocycles. The fraction of sp³-hybridized carbons (Fsp3) is 0.200. The van der Waals surface area contributed by atoms with Crippen molar-refractivity contribution in [3.05, 3.63) is 52.0 Å². The van der Waals surface area contributed by atoms with Crippen LogP contribution in [0.1, 0.15) is 26.3 Å². The summed E-state index contributed by atoms with van der Waals surface area (Å²) in [6, 6.07) is 10.5. The quantitative estimate of drug-likeness (QED) is 0.625. The number of nitrogens with one attached hydrogen (secondary N) is 1. The van der Waals surface area contributed by atoms with Crippen molar-refractivity contribution in [2.45, 2.75) is 31.2 Å². The van der Waals surface area contributed by atoms with Crippen LogP contribution in [0.15, 0.2) is 41.3 Å². The predicted molar refractivity (Wildman–Crippen MR) is 125 cm³/mol. The normalized spacial score (nSPS) is 15.6. The second-order valence-corrected chi connectivity index (χ2v) is 10.2. The first kappa shape index (κ1) is 23.9. The number of sulfonamides is 1. The third-order valence-electron chi connectivity index (χ3n) is 4.74. The summed E-state index contributed by atoms with van der Waals surface area (Å²) < 4.78 is 26.9. The number of hydrogen-bond acceptors (Lipinski definition) is 6. The SMILES string of the molecule is CC(=O)NS(=O)(=O)c1cc(N2C(=S)N(c3ccc(C#N)c(Cl)c3)C(=O)C2(C)C)ccc1Cl. The largest absolute Gasteiger partial charge is 0.303 e. The first-order valence-electron chi connectivity index (χ1n) is 9.02. The summed E-state index contributed by atoms with van der Waals surface area (Å²) >= 11 is 17.8. The Morgan fingerprint density at radius 3 is 2.31 bits per heavy atom. The van der Waals surface area contributed by atoms with Gasteiger partial charge in [-0.3, -0.25) is 14.5 Å². The minimum absolute atomic E-state index is 0.0750. The number of halogens is 2. The Labute approximate surface area is 200 Å². The van der Waals surface area contributed by atoms with Crippen LogP contribution in [0.4, 0.5) is 11.4 Å². The van der Waals surface area contributed by atoms with Crippen molar-refractivity contribution in [3.8, 4) is 6.07 Å². The Morgan fingerprint density at radius 2 is 1.75 bits per heavy atom. The van der Waals surface area contributed by atoms with Crippen molar-refractivity contribution in [1.82, 2.24) is 4.72 Å². The molecule has 12 heteroatoms. The van der Waals surface area contributed by atoms with Crippen LogP contribution >= 0.6 is 35.4 Å². The zero-order chi connectivity index (χ0) is 24.0. The van der Waals surface area contributed by atoms with E-state index in [0.29, 0.717) is 5.69 Å². The van der Waals surface area contributed by atoms with Gasteiger partial charge < -0.3 is 4.90 Å². The van der Waals surface area contributed by atoms with Crippen LogP contribution in [0.3, 0.4) is 0 Å². The number of thiocarbonyl (C=S) groups is 1. The molecule has 1 aliphatic heterocycles. The van der Waals surface area contributed by atoms with Crippen LogP contribution in [0.2, 0.25) is 10.0 Å². The van der Waals surface area contributed by atoms with Crippen LogP contribution in [0.5, 0.6) is 0 Å². The Kier molecular flexibility index (Phi) is 6.23. The molecule has 3 rings (SSSR count). The average molecular weight is 511 g/mol. The number of nitrogens with zero attached hydrogens (tertiary/aromatic N) is 3. The van der Waals surface area contributed by atoms with E-state index in [4.69, 9.17) is 40.7 Å². The van der Waals surface area contributed by atoms with E-state index in [1.54, 1.807) is 19.9 Å². The van der Waals surface area contributed by atoms with Crippen LogP contribution in [-0.2, 0) is 19.6 Å². The average Bonchev–Trinajstić information content (AvgIpc) is 2.85. The highest BCUT2D eigenvalue weighted by Crippen LogP contribution is 2.39. The molecule has 0 aromatic heterocycles. The summed E-state index contributed by atoms with van der Waals surface area (Å²) in [5.74, 6) is -1.16. The molecule has 1 aliphatic rings. The van der Waals surface area contributed by atoms with E-state index in [1.165, 1.54) is 40.1 Å². The third kappa shape index (κ3) is 4.04. The van der Waals surface area contributed by atoms with Crippen LogP contribution in [-0.4, -0.2) is 30.9 Å². The molecule has 8 nitrogen and oxygen atoms in total. The molecule has 1 heterocycles. The van der Waals surface area contributed by atoms with E-state index >= 15 is 0 Å². The molecule has 2 aromatic carbocycles. The number of carbonyl (C=O) groups excluding carboxylic acids is 2. The van der Waals surface area contributed by atoms with Gasteiger partial charge in [-0.25, -0.2) is 13.1 Å². The van der Waals surface area contributed by atoms with E-state index in [2.05, 4.69) is 0 Å². The summed E-state index contributed by atoms with van der Waals surface area (Å²) in [4.78, 5) is 27.0. The molecule has 0 atom stereocenters. The topological polar surface area (TPSA) is 111 Å². The van der Waals surface area contributed by atoms with Crippen molar-refractivity contribution in [3.63, 3.8) is 0 Å². The van der Waals surface area contributed by atoms with Crippen molar-refractivity contribution in [2.24, 2.45) is 0 Å². The minimum atomic E-state index is -4.24. The van der Waals surface area contributed by atoms with Crippen molar-refractivity contribution in [1.29, 1.82) is 5.26 Å². The Morgan fingerprint density at radius 1 is 1.12 bits per heavy atom. The smallest absolute Gasteiger partial charge is 0.265 e. The monoisotopic (exact) mass is 510 g/mol. The molecule has 32 heavy (non-hydrogen) atoms. The van der Waals surface area contributed by atoms with Gasteiger partial charge in [0.05, 0.1) is 21.3 Å². The molecular weight excluding hydrogens is 495 g/mol. The fourth-order valence-corrected chi connectivity index (χ4v) is 5.52. The maximum atomic E-state index is 13.3. The Balaban J connectivity index is 2.11. The van der Waals surface area contributed by atoms with E-state index in [-0.39, 0.29) is 37.2 Å². The van der Waals surface area contributed by atoms with Crippen LogP contribution in [0.25, 0.3) is 0 Å². The summed E-state index contributed by atoms with van der Waals surface area (Å²) in [5, 5.41) is 9.22. The van der Waals surface area contributed by atoms with Gasteiger partial charge in [0, 0.05) is 12.6 Å². The third-order valence-corrected chi connectivity index (χ3v) is 7.33. The van der Waals surface area contributed by atoms with Crippen LogP contribution in [0, 0.1) is 11.3 Å². The lowest BCUT2D eigenvalue weighted by Crippen LogP contribution is -2.44. The summed E-state index contributed by atoms with van der Waals surface area (Å²) in [6.45, 7) is 4.32. The number of rotatable bonds is 4. The molecular formula is C20H16Cl2N4O4S2. The first-order valence-corrected chi connectivity index (χ1v) is 11.7. The standard InChI is InChI=1S/C20H16Cl2N4O4S2/c1-11(27)24-32(29,30)17-9-14(6-7-15(17)21)26-19(31)25(18(28)20(26,2)3)13-5-4-12(10-23)16(22)8-13/h4-9H,1-3H3,(H,24,27). The zero-order valence-corrected chi connectivity index (χ0v) is 20.2. The second kappa shape index (κ2) is 8.33. The van der Waals surface area contributed by atoms with Crippen molar-refractivity contribution in [2.75, 3.05) is 9.80 Å². The molecule has 0 spiro atoms. The summed E-state index contributed by atoms with van der Waals surface area (Å²) in [6.07, 6.45) is 0. The number of benzene rings is 2. The molecule has 0 radical (unpaired) electrons. The van der Waals surface area contributed by atoms with Gasteiger partial charge in [0.25, 0.3) is 15.9 Å². The maximum absolute atomic E-state index is 13.3. The van der Waals surface area contributed by atoms with Crippen molar-refractivity contribution < 1.29 is 18.0 Å². The maximum Gasteiger partial charge on any atom is 0.265 e. The van der Waals surface area contributed by atoms with Crippen LogP contribution < -0.4 is 14.5 Å². The van der Waals surface area contributed by atoms with Gasteiger partial charge in [-0.15, -0.1) is 0 Å². The van der Waals surface area contributed by atoms with Gasteiger partial charge in [-0.1, -0.05) is 23.2 Å². The summed E-state index contributed by atoms with van der Waals surface area (Å²) in [5.41, 5.74) is -0.307. The Hall–Kier alpha value is -2.71. The Bertz CT molecular complexity index is 1320. The van der Waals surface area contributed by atoms with Crippen molar-refractivity contribution >= 4 is 73.7 Å². The number of anilines is 2. The molecule has 2 aromatic rings. The van der Waals surface area contributed by atoms with Gasteiger partial charge >= 0.3 is 0 Å². The minimum Gasteiger partial charge on any atom is -0.303 e. The highest BCUT2D eigenvalue weighted by atomic mass is 35.5. The molecule has 0 aliphatic carbocycles. The number of nitriles is 1. The van der Waals surface area contributed by atoms with Gasteiger partial charge in [0.2, 0.25) is 5.91 Å². The zero-order valence-electron chi connectivity index (χ0n) is 17.0. The van der Waals surface area contributed by atoms with E-state index in [1.807, 2.05) is 10.8 Å². The van der Waals surface area contributed by atoms with E-state index in [0.717, 1.165) is 6.92 Å². The highest BCUT2D eigenvalue weighted by molar-refractivity contribution is 7.90. The second-order valence-electron chi connectivity index (χ2n) is 7.37. The molecule has 1 saturated heterocycles. The van der Waals surface area contributed by atoms with Gasteiger partial charge in [-0.05, 0) is 62.5 Å². The molecule has 2 amide bonds. The van der Waals surface area contributed by atoms with Gasteiger partial charge in [-0.2, -0.15) is 5.26 Å². The van der Waals surface area contributed by atoms with E-state index in [9.17, 15) is 18.0 Å². The fourth-order valence-electron chi connectivity index (χ4n) is 3.27. The lowest BCUT2D eigenvalue weighted by Gasteiger charge is -2.29. The lowest BCUT2D eigenvalue weighted by molar-refractivity contribution is -0.120. The molecule has 0 bridgehead atoms. The lowest BCUT2D eigenvalue weighted by atomic mass is 10.0. The molecule has 0 unspecified atom stereocenters. The number of amides is 2. The van der Waals surface area contributed by atoms with Gasteiger partial charge in [0.1, 0.15) is 16.5 Å². The van der Waals surface area contributed by atoms with Gasteiger partial charge in [0.15, 0.2) is 5.11 Å². The number of carbonyl (C=O) groups is 2. The van der Waals surface area contributed by atoms with E-state index < -0.39 is 21.5 Å². The molecule has 1 N–H and O–H groups in total.